The smallest absolute Gasteiger partial charge is 0.118 e. The summed E-state index contributed by atoms with van der Waals surface area (Å²) in [5.74, 6) is 1.75. The Morgan fingerprint density at radius 1 is 0.513 bits per heavy atom. The lowest BCUT2D eigenvalue weighted by atomic mass is 9.88. The molecule has 39 heavy (non-hydrogen) atoms. The average Bonchev–Trinajstić information content (AvgIpc) is 3.00. The molecule has 6 aromatic carbocycles. The Morgan fingerprint density at radius 3 is 1.54 bits per heavy atom. The first-order valence-electron chi connectivity index (χ1n) is 13.2. The molecule has 0 aliphatic carbocycles. The molecule has 6 rings (SSSR count). The van der Waals surface area contributed by atoms with Crippen LogP contribution in [0.2, 0.25) is 0 Å². The monoisotopic (exact) mass is 526 g/mol. The van der Waals surface area contributed by atoms with Crippen LogP contribution in [0.5, 0.6) is 11.5 Å². The Hall–Kier alpha value is -4.13. The third-order valence-electron chi connectivity index (χ3n) is 7.50. The minimum atomic E-state index is -0.688. The van der Waals surface area contributed by atoms with Gasteiger partial charge in [0.05, 0.1) is 14.2 Å². The van der Waals surface area contributed by atoms with E-state index in [4.69, 9.17) is 9.47 Å². The second-order valence-electron chi connectivity index (χ2n) is 9.78. The molecular formula is C36H31O2P. The van der Waals surface area contributed by atoms with Crippen molar-refractivity contribution in [3.8, 4) is 22.6 Å². The summed E-state index contributed by atoms with van der Waals surface area (Å²) in [5.41, 5.74) is 5.34. The van der Waals surface area contributed by atoms with Crippen molar-refractivity contribution in [2.75, 3.05) is 14.2 Å². The van der Waals surface area contributed by atoms with E-state index in [0.717, 1.165) is 17.7 Å². The van der Waals surface area contributed by atoms with E-state index in [1.54, 1.807) is 14.2 Å². The van der Waals surface area contributed by atoms with Crippen LogP contribution < -0.4 is 20.1 Å². The summed E-state index contributed by atoms with van der Waals surface area (Å²) in [6.07, 6.45) is 0.927. The van der Waals surface area contributed by atoms with Crippen LogP contribution in [0.4, 0.5) is 0 Å². The highest BCUT2D eigenvalue weighted by Crippen LogP contribution is 2.45. The Kier molecular flexibility index (Phi) is 7.05. The predicted octanol–water partition coefficient (Wildman–Crippen LogP) is 8.62. The molecule has 0 aliphatic heterocycles. The molecule has 0 aliphatic rings. The van der Waals surface area contributed by atoms with Crippen molar-refractivity contribution in [1.29, 1.82) is 0 Å². The summed E-state index contributed by atoms with van der Waals surface area (Å²) in [4.78, 5) is 0. The lowest BCUT2D eigenvalue weighted by molar-refractivity contribution is 0.415. The minimum absolute atomic E-state index is 0.688. The van der Waals surface area contributed by atoms with Crippen molar-refractivity contribution in [3.63, 3.8) is 0 Å². The van der Waals surface area contributed by atoms with E-state index in [2.05, 4.69) is 128 Å². The first-order valence-corrected chi connectivity index (χ1v) is 14.7. The first kappa shape index (κ1) is 25.2. The van der Waals surface area contributed by atoms with E-state index >= 15 is 0 Å². The van der Waals surface area contributed by atoms with E-state index in [0.29, 0.717) is 0 Å². The van der Waals surface area contributed by atoms with Gasteiger partial charge < -0.3 is 9.47 Å². The second kappa shape index (κ2) is 10.9. The quantitative estimate of drug-likeness (QED) is 0.194. The van der Waals surface area contributed by atoms with Gasteiger partial charge in [-0.2, -0.15) is 0 Å². The van der Waals surface area contributed by atoms with Gasteiger partial charge in [-0.3, -0.25) is 0 Å². The maximum Gasteiger partial charge on any atom is 0.118 e. The van der Waals surface area contributed by atoms with Crippen molar-refractivity contribution in [2.24, 2.45) is 0 Å². The zero-order chi connectivity index (χ0) is 26.8. The van der Waals surface area contributed by atoms with Crippen LogP contribution in [0, 0.1) is 6.92 Å². The second-order valence-corrected chi connectivity index (χ2v) is 12.0. The van der Waals surface area contributed by atoms with Gasteiger partial charge in [-0.15, -0.1) is 0 Å². The Bertz CT molecular complexity index is 1710. The van der Waals surface area contributed by atoms with Crippen molar-refractivity contribution >= 4 is 40.1 Å². The molecule has 0 atom stereocenters. The van der Waals surface area contributed by atoms with E-state index in [9.17, 15) is 0 Å². The zero-order valence-corrected chi connectivity index (χ0v) is 23.4. The fourth-order valence-corrected chi connectivity index (χ4v) is 7.77. The molecule has 0 fully saturated rings. The number of hydrogen-bond acceptors (Lipinski definition) is 2. The predicted molar refractivity (Wildman–Crippen MR) is 168 cm³/mol. The van der Waals surface area contributed by atoms with Gasteiger partial charge in [0.2, 0.25) is 0 Å². The highest BCUT2D eigenvalue weighted by atomic mass is 31.1. The van der Waals surface area contributed by atoms with Crippen LogP contribution in [0.25, 0.3) is 32.7 Å². The number of benzene rings is 6. The molecule has 3 heteroatoms. The molecule has 0 saturated carbocycles. The number of aryl methyl sites for hydroxylation is 1. The number of rotatable bonds is 7. The topological polar surface area (TPSA) is 18.5 Å². The zero-order valence-electron chi connectivity index (χ0n) is 22.5. The summed E-state index contributed by atoms with van der Waals surface area (Å²) in [6, 6.07) is 43.8. The molecule has 2 nitrogen and oxygen atoms in total. The number of methoxy groups -OCH3 is 2. The number of ether oxygens (including phenoxy) is 2. The lowest BCUT2D eigenvalue weighted by Crippen LogP contribution is -2.14. The van der Waals surface area contributed by atoms with Crippen LogP contribution in [-0.4, -0.2) is 14.2 Å². The van der Waals surface area contributed by atoms with Gasteiger partial charge in [0.15, 0.2) is 0 Å². The highest BCUT2D eigenvalue weighted by molar-refractivity contribution is 7.72. The lowest BCUT2D eigenvalue weighted by Gasteiger charge is -2.23. The van der Waals surface area contributed by atoms with Gasteiger partial charge in [-0.05, 0) is 93.5 Å². The van der Waals surface area contributed by atoms with Crippen molar-refractivity contribution in [1.82, 2.24) is 0 Å². The summed E-state index contributed by atoms with van der Waals surface area (Å²) in [7, 11) is 2.75. The van der Waals surface area contributed by atoms with E-state index in [1.165, 1.54) is 54.4 Å². The Morgan fingerprint density at radius 2 is 1.00 bits per heavy atom. The fraction of sp³-hybridized carbons (Fsp3) is 0.111. The summed E-state index contributed by atoms with van der Waals surface area (Å²) >= 11 is 0. The minimum Gasteiger partial charge on any atom is -0.497 e. The van der Waals surface area contributed by atoms with Crippen LogP contribution in [0.3, 0.4) is 0 Å². The summed E-state index contributed by atoms with van der Waals surface area (Å²) in [5, 5.41) is 7.78. The normalized spacial score (nSPS) is 11.3. The maximum atomic E-state index is 5.47. The third kappa shape index (κ3) is 4.89. The van der Waals surface area contributed by atoms with Gasteiger partial charge >= 0.3 is 0 Å². The average molecular weight is 527 g/mol. The number of fused-ring (bicyclic) bond motifs is 2. The Labute approximate surface area is 231 Å². The molecule has 0 spiro atoms. The molecule has 0 aromatic heterocycles. The summed E-state index contributed by atoms with van der Waals surface area (Å²) in [6.45, 7) is 2.24. The Balaban J connectivity index is 1.58. The molecule has 0 saturated heterocycles. The van der Waals surface area contributed by atoms with E-state index in [1.807, 2.05) is 0 Å². The molecule has 6 aromatic rings. The highest BCUT2D eigenvalue weighted by Gasteiger charge is 2.21. The van der Waals surface area contributed by atoms with Crippen LogP contribution in [0.15, 0.2) is 121 Å². The van der Waals surface area contributed by atoms with E-state index < -0.39 is 7.92 Å². The fourth-order valence-electron chi connectivity index (χ4n) is 5.48. The summed E-state index contributed by atoms with van der Waals surface area (Å²) < 4.78 is 10.9. The molecule has 192 valence electrons. The number of hydrogen-bond donors (Lipinski definition) is 0. The third-order valence-corrected chi connectivity index (χ3v) is 10.00. The molecule has 0 bridgehead atoms. The van der Waals surface area contributed by atoms with Crippen LogP contribution in [-0.2, 0) is 6.16 Å². The van der Waals surface area contributed by atoms with E-state index in [-0.39, 0.29) is 0 Å². The van der Waals surface area contributed by atoms with Gasteiger partial charge in [0.1, 0.15) is 11.5 Å². The molecule has 0 amide bonds. The van der Waals surface area contributed by atoms with Crippen molar-refractivity contribution in [2.45, 2.75) is 13.1 Å². The van der Waals surface area contributed by atoms with Crippen molar-refractivity contribution < 1.29 is 9.47 Å². The van der Waals surface area contributed by atoms with Gasteiger partial charge in [0.25, 0.3) is 0 Å². The molecule has 0 radical (unpaired) electrons. The van der Waals surface area contributed by atoms with Gasteiger partial charge in [0, 0.05) is 6.16 Å². The van der Waals surface area contributed by atoms with Gasteiger partial charge in [-0.1, -0.05) is 97.1 Å². The van der Waals surface area contributed by atoms with Crippen LogP contribution in [0.1, 0.15) is 11.1 Å². The molecule has 0 unspecified atom stereocenters. The maximum absolute atomic E-state index is 5.47. The van der Waals surface area contributed by atoms with Crippen molar-refractivity contribution in [3.05, 3.63) is 132 Å². The SMILES string of the molecule is COc1ccc(P(Cc2ccc3ccccc3c2-c2c(C)ccc3ccccc23)c2ccc(OC)cc2)cc1. The van der Waals surface area contributed by atoms with Gasteiger partial charge in [-0.25, -0.2) is 0 Å². The van der Waals surface area contributed by atoms with Crippen LogP contribution >= 0.6 is 7.92 Å². The standard InChI is InChI=1S/C36H31O2P/c1-25-12-13-26-8-4-6-10-33(26)35(25)36-28(15-14-27-9-5-7-11-34(27)36)24-39(31-20-16-29(37-2)17-21-31)32-22-18-30(38-3)19-23-32/h4-23H,24H2,1-3H3. The first-order chi connectivity index (χ1) is 19.2. The molecule has 0 heterocycles. The largest absolute Gasteiger partial charge is 0.497 e. The molecule has 0 N–H and O–H groups in total. The molecular weight excluding hydrogens is 495 g/mol.